The van der Waals surface area contributed by atoms with Gasteiger partial charge in [-0.3, -0.25) is 0 Å². The van der Waals surface area contributed by atoms with Crippen LogP contribution in [0.5, 0.6) is 0 Å². The molecule has 5 heteroatoms. The van der Waals surface area contributed by atoms with Gasteiger partial charge in [-0.15, -0.1) is 0 Å². The molecule has 0 aliphatic carbocycles. The second kappa shape index (κ2) is 9.57. The Morgan fingerprint density at radius 2 is 1.50 bits per heavy atom. The molecule has 0 aromatic rings. The summed E-state index contributed by atoms with van der Waals surface area (Å²) in [4.78, 5) is 8.33. The van der Waals surface area contributed by atoms with Gasteiger partial charge in [0, 0.05) is 0 Å². The molecule has 0 radical (unpaired) electrons. The van der Waals surface area contributed by atoms with Crippen LogP contribution in [0.3, 0.4) is 0 Å². The Balaban J connectivity index is -0.00000000750. The molecule has 0 unspecified atom stereocenters. The van der Waals surface area contributed by atoms with Crippen molar-refractivity contribution in [2.45, 2.75) is 0 Å². The summed E-state index contributed by atoms with van der Waals surface area (Å²) in [6, 6.07) is 0. The molecule has 0 aromatic carbocycles. The molecule has 0 N–H and O–H groups in total. The minimum Gasteiger partial charge on any atom is -1.00 e. The fourth-order valence-corrected chi connectivity index (χ4v) is 0. The van der Waals surface area contributed by atoms with Crippen molar-refractivity contribution in [3.8, 4) is 0 Å². The molecule has 0 saturated heterocycles. The molecule has 0 amide bonds. The van der Waals surface area contributed by atoms with Gasteiger partial charge in [-0.05, 0) is 6.16 Å². The van der Waals surface area contributed by atoms with Crippen molar-refractivity contribution >= 4 is 66.9 Å². The number of carboxylic acid groups (broad SMARTS) is 2. The fraction of sp³-hybridized carbons (Fsp3) is 0. The first-order valence-electron chi connectivity index (χ1n) is 0.612. The Labute approximate surface area is 83.8 Å². The summed E-state index contributed by atoms with van der Waals surface area (Å²) >= 11 is 0. The van der Waals surface area contributed by atoms with E-state index in [-0.39, 0.29) is 63.6 Å². The zero-order valence-corrected chi connectivity index (χ0v) is 6.76. The quantitative estimate of drug-likeness (QED) is 0.325. The smallest absolute Gasteiger partial charge is 1.00 e. The first-order chi connectivity index (χ1) is 1.73. The zero-order valence-electron chi connectivity index (χ0n) is 5.14. The first-order valence-corrected chi connectivity index (χ1v) is 0.612. The van der Waals surface area contributed by atoms with Crippen molar-refractivity contribution in [1.82, 2.24) is 0 Å². The Morgan fingerprint density at radius 3 is 1.50 bits per heavy atom. The van der Waals surface area contributed by atoms with E-state index in [1.165, 1.54) is 0 Å². The molecule has 0 fully saturated rings. The van der Waals surface area contributed by atoms with Gasteiger partial charge in [-0.2, -0.15) is 0 Å². The van der Waals surface area contributed by atoms with E-state index in [9.17, 15) is 0 Å². The topological polar surface area (TPSA) is 63.2 Å². The predicted octanol–water partition coefficient (Wildman–Crippen LogP) is -2.98. The van der Waals surface area contributed by atoms with Crippen LogP contribution in [-0.4, -0.2) is 66.9 Å². The third kappa shape index (κ3) is 58.2. The number of hydrogen-bond acceptors (Lipinski definition) is 3. The maximum atomic E-state index is 8.33. The van der Waals surface area contributed by atoms with Crippen molar-refractivity contribution in [2.24, 2.45) is 0 Å². The van der Waals surface area contributed by atoms with Crippen LogP contribution in [0.25, 0.3) is 0 Å². The Bertz CT molecular complexity index is 40.3. The molecule has 6 heavy (non-hydrogen) atoms. The van der Waals surface area contributed by atoms with Gasteiger partial charge >= 0.3 is 60.8 Å². The van der Waals surface area contributed by atoms with Crippen LogP contribution in [0.2, 0.25) is 0 Å². The average molecular weight is 126 g/mol. The maximum Gasteiger partial charge on any atom is 2.00 e. The molecule has 28 valence electrons. The summed E-state index contributed by atoms with van der Waals surface area (Å²) in [5.41, 5.74) is 0. The fourth-order valence-electron chi connectivity index (χ4n) is 0. The van der Waals surface area contributed by atoms with Crippen LogP contribution < -0.4 is 10.2 Å². The van der Waals surface area contributed by atoms with Gasteiger partial charge in [0.05, 0.1) is 0 Å². The Hall–Kier alpha value is 1.30. The van der Waals surface area contributed by atoms with Gasteiger partial charge in [0.15, 0.2) is 0 Å². The largest absolute Gasteiger partial charge is 2.00 e. The summed E-state index contributed by atoms with van der Waals surface area (Å²) in [5, 5.41) is 16.7. The molecule has 0 heterocycles. The predicted molar refractivity (Wildman–Crippen MR) is 19.1 cm³/mol. The van der Waals surface area contributed by atoms with Crippen molar-refractivity contribution in [2.75, 3.05) is 0 Å². The Kier molecular flexibility index (Phi) is 25.0. The van der Waals surface area contributed by atoms with Crippen molar-refractivity contribution in [3.05, 3.63) is 0 Å². The SMILES string of the molecule is O=C([O-])[O-].[Ca+2].[H-].[H-].[Mg+2]. The van der Waals surface area contributed by atoms with Crippen LogP contribution in [0, 0.1) is 0 Å². The zero-order chi connectivity index (χ0) is 3.58. The number of carbonyl (C=O) groups is 1. The molecule has 0 saturated carbocycles. The monoisotopic (exact) mass is 126 g/mol. The average Bonchev–Trinajstić information content (AvgIpc) is 0.811. The molecule has 0 aliphatic rings. The molecular formula is CH2CaMgO3. The van der Waals surface area contributed by atoms with E-state index >= 15 is 0 Å². The summed E-state index contributed by atoms with van der Waals surface area (Å²) in [6.45, 7) is 0. The summed E-state index contributed by atoms with van der Waals surface area (Å²) in [7, 11) is 0. The van der Waals surface area contributed by atoms with Crippen LogP contribution in [0.1, 0.15) is 2.85 Å². The van der Waals surface area contributed by atoms with Crippen molar-refractivity contribution in [1.29, 1.82) is 0 Å². The maximum absolute atomic E-state index is 8.33. The molecule has 0 rings (SSSR count). The number of carbonyl (C=O) groups excluding carboxylic acids is 1. The third-order valence-corrected chi connectivity index (χ3v) is 0. The summed E-state index contributed by atoms with van der Waals surface area (Å²) in [5.74, 6) is 0. The first kappa shape index (κ1) is 15.7. The number of rotatable bonds is 0. The van der Waals surface area contributed by atoms with E-state index < -0.39 is 6.16 Å². The second-order valence-corrected chi connectivity index (χ2v) is 0.250. The van der Waals surface area contributed by atoms with E-state index in [0.717, 1.165) is 0 Å². The molecule has 0 aliphatic heterocycles. The molecule has 0 bridgehead atoms. The standard InChI is InChI=1S/CH2O3.Ca.Mg.2H/c2-1(3)4;;;;/h(H2,2,3,4);;;;/q;2*+2;2*-1/p-2. The van der Waals surface area contributed by atoms with E-state index in [1.807, 2.05) is 0 Å². The van der Waals surface area contributed by atoms with E-state index in [1.54, 1.807) is 0 Å². The van der Waals surface area contributed by atoms with Crippen molar-refractivity contribution in [3.63, 3.8) is 0 Å². The van der Waals surface area contributed by atoms with Gasteiger partial charge in [0.2, 0.25) is 0 Å². The minimum absolute atomic E-state index is 0. The normalized spacial score (nSPS) is 4.00. The van der Waals surface area contributed by atoms with E-state index in [0.29, 0.717) is 0 Å². The summed E-state index contributed by atoms with van der Waals surface area (Å²) < 4.78 is 0. The van der Waals surface area contributed by atoms with Gasteiger partial charge in [-0.25, -0.2) is 0 Å². The second-order valence-electron chi connectivity index (χ2n) is 0.250. The molecule has 0 atom stereocenters. The van der Waals surface area contributed by atoms with Crippen LogP contribution in [-0.2, 0) is 0 Å². The summed E-state index contributed by atoms with van der Waals surface area (Å²) in [6.07, 6.45) is -2.33. The molecule has 0 spiro atoms. The minimum atomic E-state index is -2.33. The number of hydrogen-bond donors (Lipinski definition) is 0. The Morgan fingerprint density at radius 1 is 1.50 bits per heavy atom. The third-order valence-electron chi connectivity index (χ3n) is 0. The van der Waals surface area contributed by atoms with Crippen LogP contribution in [0.4, 0.5) is 4.79 Å². The molecule has 3 nitrogen and oxygen atoms in total. The van der Waals surface area contributed by atoms with Gasteiger partial charge < -0.3 is 17.9 Å². The van der Waals surface area contributed by atoms with Crippen molar-refractivity contribution < 1.29 is 17.9 Å². The van der Waals surface area contributed by atoms with Gasteiger partial charge in [0.1, 0.15) is 0 Å². The van der Waals surface area contributed by atoms with E-state index in [2.05, 4.69) is 0 Å². The van der Waals surface area contributed by atoms with Crippen LogP contribution in [0.15, 0.2) is 0 Å². The van der Waals surface area contributed by atoms with Gasteiger partial charge in [-0.1, -0.05) is 0 Å². The van der Waals surface area contributed by atoms with Gasteiger partial charge in [0.25, 0.3) is 0 Å². The van der Waals surface area contributed by atoms with Crippen LogP contribution >= 0.6 is 0 Å². The molecular weight excluding hydrogens is 124 g/mol. The molecule has 0 aromatic heterocycles. The van der Waals surface area contributed by atoms with E-state index in [4.69, 9.17) is 15.0 Å².